The third-order valence-electron chi connectivity index (χ3n) is 4.86. The number of hydroxylamine groups is 1. The first-order valence-electron chi connectivity index (χ1n) is 10.3. The molecule has 0 radical (unpaired) electrons. The van der Waals surface area contributed by atoms with Crippen LogP contribution in [-0.4, -0.2) is 35.5 Å². The molecule has 0 bridgehead atoms. The van der Waals surface area contributed by atoms with Gasteiger partial charge in [0.1, 0.15) is 30.1 Å². The van der Waals surface area contributed by atoms with E-state index in [1.165, 1.54) is 11.6 Å². The van der Waals surface area contributed by atoms with Crippen molar-refractivity contribution in [3.8, 4) is 5.75 Å². The van der Waals surface area contributed by atoms with Crippen LogP contribution in [0.15, 0.2) is 66.3 Å². The SMILES string of the molecule is C/C(=C\C=C\C(=O)NO)[C@H](C)[C@H](OC(=O)Nc1ccc(F)cc1F)c1ccc(OCCO)cc1. The van der Waals surface area contributed by atoms with Crippen LogP contribution in [0, 0.1) is 17.6 Å². The molecule has 10 heteroatoms. The predicted octanol–water partition coefficient (Wildman–Crippen LogP) is 4.27. The van der Waals surface area contributed by atoms with Crippen LogP contribution in [0.3, 0.4) is 0 Å². The summed E-state index contributed by atoms with van der Waals surface area (Å²) in [5.41, 5.74) is 2.57. The van der Waals surface area contributed by atoms with Crippen molar-refractivity contribution >= 4 is 17.7 Å². The van der Waals surface area contributed by atoms with Gasteiger partial charge in [-0.05, 0) is 36.8 Å². The Hall–Kier alpha value is -3.76. The van der Waals surface area contributed by atoms with Gasteiger partial charge in [0.05, 0.1) is 12.3 Å². The molecule has 0 aliphatic carbocycles. The van der Waals surface area contributed by atoms with E-state index in [9.17, 15) is 18.4 Å². The minimum absolute atomic E-state index is 0.122. The molecule has 8 nitrogen and oxygen atoms in total. The highest BCUT2D eigenvalue weighted by Gasteiger charge is 2.25. The van der Waals surface area contributed by atoms with Crippen molar-refractivity contribution in [3.63, 3.8) is 0 Å². The fourth-order valence-corrected chi connectivity index (χ4v) is 2.94. The summed E-state index contributed by atoms with van der Waals surface area (Å²) in [6.07, 6.45) is 2.38. The van der Waals surface area contributed by atoms with E-state index in [0.717, 1.165) is 23.8 Å². The molecule has 2 amide bonds. The number of aliphatic hydroxyl groups is 1. The zero-order valence-corrected chi connectivity index (χ0v) is 18.6. The summed E-state index contributed by atoms with van der Waals surface area (Å²) < 4.78 is 38.0. The fraction of sp³-hybridized carbons (Fsp3) is 0.250. The van der Waals surface area contributed by atoms with Crippen LogP contribution in [0.4, 0.5) is 19.3 Å². The summed E-state index contributed by atoms with van der Waals surface area (Å²) in [5.74, 6) is -2.32. The average Bonchev–Trinajstić information content (AvgIpc) is 2.82. The third kappa shape index (κ3) is 7.98. The van der Waals surface area contributed by atoms with Crippen LogP contribution in [-0.2, 0) is 9.53 Å². The van der Waals surface area contributed by atoms with Crippen LogP contribution < -0.4 is 15.5 Å². The quantitative estimate of drug-likeness (QED) is 0.176. The molecule has 2 aromatic carbocycles. The minimum atomic E-state index is -0.953. The van der Waals surface area contributed by atoms with Crippen molar-refractivity contribution in [1.29, 1.82) is 0 Å². The number of rotatable bonds is 10. The summed E-state index contributed by atoms with van der Waals surface area (Å²) in [5, 5.41) is 19.7. The number of hydrogen-bond acceptors (Lipinski definition) is 6. The summed E-state index contributed by atoms with van der Waals surface area (Å²) in [4.78, 5) is 23.7. The molecule has 0 aromatic heterocycles. The molecular formula is C24H26F2N2O6. The Morgan fingerprint density at radius 1 is 1.15 bits per heavy atom. The Kier molecular flexibility index (Phi) is 10.2. The number of carbonyl (C=O) groups is 2. The molecule has 0 saturated carbocycles. The second kappa shape index (κ2) is 13.1. The lowest BCUT2D eigenvalue weighted by Gasteiger charge is -2.26. The van der Waals surface area contributed by atoms with Crippen LogP contribution in [0.25, 0.3) is 0 Å². The van der Waals surface area contributed by atoms with E-state index in [1.54, 1.807) is 44.2 Å². The Labute approximate surface area is 195 Å². The molecule has 0 fully saturated rings. The lowest BCUT2D eigenvalue weighted by molar-refractivity contribution is -0.124. The number of nitrogens with one attached hydrogen (secondary N) is 2. The Morgan fingerprint density at radius 3 is 2.47 bits per heavy atom. The molecule has 0 unspecified atom stereocenters. The van der Waals surface area contributed by atoms with Gasteiger partial charge in [-0.15, -0.1) is 0 Å². The number of carbonyl (C=O) groups excluding carboxylic acids is 2. The number of hydrogen-bond donors (Lipinski definition) is 4. The van der Waals surface area contributed by atoms with E-state index >= 15 is 0 Å². The van der Waals surface area contributed by atoms with Crippen molar-refractivity contribution in [3.05, 3.63) is 83.5 Å². The number of anilines is 1. The lowest BCUT2D eigenvalue weighted by atomic mass is 9.91. The van der Waals surface area contributed by atoms with Crippen molar-refractivity contribution in [2.45, 2.75) is 20.0 Å². The fourth-order valence-electron chi connectivity index (χ4n) is 2.94. The number of amides is 2. The van der Waals surface area contributed by atoms with Gasteiger partial charge >= 0.3 is 6.09 Å². The van der Waals surface area contributed by atoms with E-state index in [4.69, 9.17) is 19.8 Å². The molecule has 2 aromatic rings. The second-order valence-corrected chi connectivity index (χ2v) is 7.25. The number of aliphatic hydroxyl groups excluding tert-OH is 1. The predicted molar refractivity (Wildman–Crippen MR) is 120 cm³/mol. The van der Waals surface area contributed by atoms with E-state index in [2.05, 4.69) is 5.32 Å². The van der Waals surface area contributed by atoms with Crippen molar-refractivity contribution < 1.29 is 38.2 Å². The number of allylic oxidation sites excluding steroid dienone is 2. The van der Waals surface area contributed by atoms with Crippen LogP contribution in [0.5, 0.6) is 5.75 Å². The number of benzene rings is 2. The third-order valence-corrected chi connectivity index (χ3v) is 4.86. The molecule has 2 rings (SSSR count). The van der Waals surface area contributed by atoms with Gasteiger partial charge in [0.15, 0.2) is 0 Å². The van der Waals surface area contributed by atoms with E-state index in [1.807, 2.05) is 0 Å². The first kappa shape index (κ1) is 26.5. The largest absolute Gasteiger partial charge is 0.491 e. The minimum Gasteiger partial charge on any atom is -0.491 e. The second-order valence-electron chi connectivity index (χ2n) is 7.25. The molecule has 4 N–H and O–H groups in total. The number of ether oxygens (including phenoxy) is 2. The maximum atomic E-state index is 13.9. The maximum Gasteiger partial charge on any atom is 0.412 e. The normalized spacial score (nSPS) is 13.3. The molecule has 0 saturated heterocycles. The topological polar surface area (TPSA) is 117 Å². The van der Waals surface area contributed by atoms with Crippen molar-refractivity contribution in [1.82, 2.24) is 5.48 Å². The average molecular weight is 476 g/mol. The van der Waals surface area contributed by atoms with Crippen LogP contribution in [0.2, 0.25) is 0 Å². The van der Waals surface area contributed by atoms with Gasteiger partial charge in [-0.2, -0.15) is 0 Å². The van der Waals surface area contributed by atoms with Gasteiger partial charge in [0.2, 0.25) is 0 Å². The maximum absolute atomic E-state index is 13.9. The monoisotopic (exact) mass is 476 g/mol. The smallest absolute Gasteiger partial charge is 0.412 e. The molecular weight excluding hydrogens is 450 g/mol. The van der Waals surface area contributed by atoms with Gasteiger partial charge in [0, 0.05) is 18.1 Å². The summed E-state index contributed by atoms with van der Waals surface area (Å²) >= 11 is 0. The zero-order chi connectivity index (χ0) is 25.1. The van der Waals surface area contributed by atoms with Crippen molar-refractivity contribution in [2.75, 3.05) is 18.5 Å². The summed E-state index contributed by atoms with van der Waals surface area (Å²) in [6.45, 7) is 3.53. The molecule has 2 atom stereocenters. The van der Waals surface area contributed by atoms with Crippen LogP contribution in [0.1, 0.15) is 25.5 Å². The highest BCUT2D eigenvalue weighted by atomic mass is 19.1. The van der Waals surface area contributed by atoms with Gasteiger partial charge in [-0.3, -0.25) is 15.3 Å². The summed E-state index contributed by atoms with van der Waals surface area (Å²) in [6, 6.07) is 9.39. The molecule has 34 heavy (non-hydrogen) atoms. The first-order chi connectivity index (χ1) is 16.2. The standard InChI is InChI=1S/C24H26F2N2O6/c1-15(4-3-5-22(30)28-32)16(2)23(17-6-9-19(10-7-17)33-13-12-29)34-24(31)27-21-11-8-18(25)14-20(21)26/h3-11,14,16,23,29,32H,12-13H2,1-2H3,(H,27,31)(H,28,30)/b5-3+,15-4+/t16-,23-/m0/s1. The van der Waals surface area contributed by atoms with E-state index < -0.39 is 35.7 Å². The van der Waals surface area contributed by atoms with Gasteiger partial charge < -0.3 is 14.6 Å². The Balaban J connectivity index is 2.26. The van der Waals surface area contributed by atoms with Gasteiger partial charge in [0.25, 0.3) is 5.91 Å². The highest BCUT2D eigenvalue weighted by Crippen LogP contribution is 2.33. The molecule has 0 aliphatic rings. The van der Waals surface area contributed by atoms with Gasteiger partial charge in [-0.1, -0.05) is 36.8 Å². The summed E-state index contributed by atoms with van der Waals surface area (Å²) in [7, 11) is 0. The van der Waals surface area contributed by atoms with Gasteiger partial charge in [-0.25, -0.2) is 19.1 Å². The van der Waals surface area contributed by atoms with Crippen molar-refractivity contribution in [2.24, 2.45) is 5.92 Å². The molecule has 182 valence electrons. The van der Waals surface area contributed by atoms with E-state index in [-0.39, 0.29) is 18.9 Å². The zero-order valence-electron chi connectivity index (χ0n) is 18.6. The first-order valence-corrected chi connectivity index (χ1v) is 10.3. The highest BCUT2D eigenvalue weighted by molar-refractivity contribution is 5.86. The Morgan fingerprint density at radius 2 is 1.85 bits per heavy atom. The molecule has 0 heterocycles. The van der Waals surface area contributed by atoms with Crippen LogP contribution >= 0.6 is 0 Å². The van der Waals surface area contributed by atoms with E-state index in [0.29, 0.717) is 17.4 Å². The molecule has 0 spiro atoms. The Bertz CT molecular complexity index is 1040. The lowest BCUT2D eigenvalue weighted by Crippen LogP contribution is -2.23. The number of halogens is 2. The molecule has 0 aliphatic heterocycles.